The number of anilines is 1. The zero-order chi connectivity index (χ0) is 21.8. The molecular weight excluding hydrogens is 422 g/mol. The molecule has 0 unspecified atom stereocenters. The molecule has 2 aromatic heterocycles. The van der Waals surface area contributed by atoms with Gasteiger partial charge in [0.05, 0.1) is 23.9 Å². The summed E-state index contributed by atoms with van der Waals surface area (Å²) in [5.74, 6) is 2.43. The van der Waals surface area contributed by atoms with Crippen molar-refractivity contribution in [2.24, 2.45) is 5.92 Å². The maximum atomic E-state index is 11.0. The summed E-state index contributed by atoms with van der Waals surface area (Å²) in [5, 5.41) is 24.5. The van der Waals surface area contributed by atoms with E-state index in [1.165, 1.54) is 23.9 Å². The predicted octanol–water partition coefficient (Wildman–Crippen LogP) is 3.02. The molecule has 164 valence electrons. The van der Waals surface area contributed by atoms with Crippen LogP contribution in [0.15, 0.2) is 33.9 Å². The molecule has 0 aliphatic carbocycles. The molecule has 31 heavy (non-hydrogen) atoms. The Morgan fingerprint density at radius 3 is 2.81 bits per heavy atom. The van der Waals surface area contributed by atoms with Gasteiger partial charge in [-0.15, -0.1) is 10.2 Å². The number of benzene rings is 1. The van der Waals surface area contributed by atoms with Gasteiger partial charge in [0.2, 0.25) is 17.7 Å². The first-order valence-electron chi connectivity index (χ1n) is 9.97. The molecule has 1 saturated heterocycles. The van der Waals surface area contributed by atoms with Crippen LogP contribution >= 0.6 is 11.8 Å². The van der Waals surface area contributed by atoms with Crippen molar-refractivity contribution in [3.8, 4) is 11.4 Å². The average Bonchev–Trinajstić information content (AvgIpc) is 3.40. The fourth-order valence-corrected chi connectivity index (χ4v) is 4.01. The summed E-state index contributed by atoms with van der Waals surface area (Å²) in [7, 11) is 0. The number of nitro groups is 1. The van der Waals surface area contributed by atoms with Crippen LogP contribution in [0.1, 0.15) is 19.7 Å². The topological polar surface area (TPSA) is 125 Å². The highest BCUT2D eigenvalue weighted by atomic mass is 32.2. The molecular formula is C19H23N7O4S. The quantitative estimate of drug-likeness (QED) is 0.290. The lowest BCUT2D eigenvalue weighted by molar-refractivity contribution is -0.384. The number of ether oxygens (including phenoxy) is 1. The molecule has 0 N–H and O–H groups in total. The van der Waals surface area contributed by atoms with E-state index >= 15 is 0 Å². The van der Waals surface area contributed by atoms with Crippen molar-refractivity contribution in [2.45, 2.75) is 31.3 Å². The van der Waals surface area contributed by atoms with E-state index in [1.807, 2.05) is 0 Å². The molecule has 1 fully saturated rings. The Hall–Kier alpha value is -2.99. The molecule has 1 aliphatic heterocycles. The van der Waals surface area contributed by atoms with E-state index in [1.54, 1.807) is 12.1 Å². The first kappa shape index (κ1) is 21.2. The van der Waals surface area contributed by atoms with Gasteiger partial charge in [0.1, 0.15) is 0 Å². The maximum Gasteiger partial charge on any atom is 0.270 e. The van der Waals surface area contributed by atoms with Crippen molar-refractivity contribution in [3.63, 3.8) is 0 Å². The number of nitrogens with zero attached hydrogens (tertiary/aromatic N) is 7. The van der Waals surface area contributed by atoms with Gasteiger partial charge >= 0.3 is 0 Å². The van der Waals surface area contributed by atoms with Gasteiger partial charge in [-0.2, -0.15) is 4.98 Å². The Kier molecular flexibility index (Phi) is 6.47. The molecule has 12 heteroatoms. The van der Waals surface area contributed by atoms with Crippen molar-refractivity contribution >= 4 is 23.4 Å². The molecule has 3 aromatic rings. The lowest BCUT2D eigenvalue weighted by Gasteiger charge is -2.28. The van der Waals surface area contributed by atoms with E-state index in [0.29, 0.717) is 42.2 Å². The van der Waals surface area contributed by atoms with Crippen LogP contribution in [-0.2, 0) is 17.0 Å². The van der Waals surface area contributed by atoms with Gasteiger partial charge in [0.15, 0.2) is 5.16 Å². The lowest BCUT2D eigenvalue weighted by atomic mass is 10.2. The Balaban J connectivity index is 1.49. The molecule has 0 bridgehead atoms. The average molecular weight is 446 g/mol. The van der Waals surface area contributed by atoms with Crippen molar-refractivity contribution in [1.29, 1.82) is 0 Å². The Morgan fingerprint density at radius 2 is 2.06 bits per heavy atom. The summed E-state index contributed by atoms with van der Waals surface area (Å²) >= 11 is 1.47. The third kappa shape index (κ3) is 5.02. The molecule has 1 aliphatic rings. The van der Waals surface area contributed by atoms with Gasteiger partial charge in [0, 0.05) is 37.3 Å². The van der Waals surface area contributed by atoms with Crippen LogP contribution in [0.5, 0.6) is 0 Å². The Bertz CT molecular complexity index is 1050. The van der Waals surface area contributed by atoms with Crippen LogP contribution in [0.2, 0.25) is 0 Å². The predicted molar refractivity (Wildman–Crippen MR) is 114 cm³/mol. The first-order valence-corrected chi connectivity index (χ1v) is 11.0. The first-order chi connectivity index (χ1) is 15.0. The highest BCUT2D eigenvalue weighted by Crippen LogP contribution is 2.27. The molecule has 11 nitrogen and oxygen atoms in total. The van der Waals surface area contributed by atoms with E-state index in [9.17, 15) is 10.1 Å². The van der Waals surface area contributed by atoms with E-state index in [0.717, 1.165) is 30.7 Å². The van der Waals surface area contributed by atoms with Crippen molar-refractivity contribution in [2.75, 3.05) is 31.2 Å². The van der Waals surface area contributed by atoms with E-state index in [4.69, 9.17) is 9.26 Å². The summed E-state index contributed by atoms with van der Waals surface area (Å²) < 4.78 is 12.9. The Labute approximate surface area is 182 Å². The highest BCUT2D eigenvalue weighted by Gasteiger charge is 2.22. The minimum absolute atomic E-state index is 0.0179. The number of morpholine rings is 1. The second-order valence-corrected chi connectivity index (χ2v) is 8.44. The fourth-order valence-electron chi connectivity index (χ4n) is 3.23. The van der Waals surface area contributed by atoms with Crippen LogP contribution in [0.3, 0.4) is 0 Å². The van der Waals surface area contributed by atoms with Crippen LogP contribution in [0.4, 0.5) is 11.6 Å². The second-order valence-electron chi connectivity index (χ2n) is 7.49. The fraction of sp³-hybridized carbons (Fsp3) is 0.474. The van der Waals surface area contributed by atoms with Gasteiger partial charge < -0.3 is 14.2 Å². The highest BCUT2D eigenvalue weighted by molar-refractivity contribution is 7.98. The van der Waals surface area contributed by atoms with Crippen LogP contribution in [-0.4, -0.2) is 56.1 Å². The summed E-state index contributed by atoms with van der Waals surface area (Å²) in [5.41, 5.74) is 0.516. The Morgan fingerprint density at radius 1 is 1.26 bits per heavy atom. The normalized spacial score (nSPS) is 14.4. The van der Waals surface area contributed by atoms with Gasteiger partial charge in [-0.25, -0.2) is 0 Å². The zero-order valence-electron chi connectivity index (χ0n) is 17.3. The molecule has 0 saturated carbocycles. The molecule has 3 heterocycles. The molecule has 0 atom stereocenters. The van der Waals surface area contributed by atoms with Crippen molar-refractivity contribution in [1.82, 2.24) is 24.9 Å². The largest absolute Gasteiger partial charge is 0.378 e. The summed E-state index contributed by atoms with van der Waals surface area (Å²) in [6, 6.07) is 6.16. The zero-order valence-corrected chi connectivity index (χ0v) is 18.1. The number of aromatic nitrogens is 5. The summed E-state index contributed by atoms with van der Waals surface area (Å²) in [6.45, 7) is 8.04. The number of rotatable bonds is 8. The van der Waals surface area contributed by atoms with Crippen molar-refractivity contribution in [3.05, 3.63) is 40.3 Å². The van der Waals surface area contributed by atoms with Crippen LogP contribution < -0.4 is 4.90 Å². The standard InChI is InChI=1S/C19H23N7O4S/c1-13(2)11-25-18(24-6-8-29-9-7-24)21-22-19(25)31-12-16-20-17(23-30-16)14-4-3-5-15(10-14)26(27)28/h3-5,10,13H,6-9,11-12H2,1-2H3. The van der Waals surface area contributed by atoms with Crippen LogP contribution in [0, 0.1) is 16.0 Å². The third-order valence-electron chi connectivity index (χ3n) is 4.65. The number of thioether (sulfide) groups is 1. The number of non-ortho nitro benzene ring substituents is 1. The van der Waals surface area contributed by atoms with Crippen molar-refractivity contribution < 1.29 is 14.2 Å². The van der Waals surface area contributed by atoms with E-state index in [2.05, 4.69) is 43.7 Å². The second kappa shape index (κ2) is 9.43. The number of nitro benzene ring substituents is 1. The number of hydrogen-bond acceptors (Lipinski definition) is 10. The molecule has 4 rings (SSSR count). The van der Waals surface area contributed by atoms with Gasteiger partial charge in [-0.05, 0) is 5.92 Å². The van der Waals surface area contributed by atoms with Gasteiger partial charge in [0.25, 0.3) is 5.69 Å². The van der Waals surface area contributed by atoms with E-state index in [-0.39, 0.29) is 5.69 Å². The third-order valence-corrected chi connectivity index (χ3v) is 5.60. The smallest absolute Gasteiger partial charge is 0.270 e. The maximum absolute atomic E-state index is 11.0. The SMILES string of the molecule is CC(C)Cn1c(SCc2nc(-c3cccc([N+](=O)[O-])c3)no2)nnc1N1CCOCC1. The van der Waals surface area contributed by atoms with Gasteiger partial charge in [-0.3, -0.25) is 14.7 Å². The minimum Gasteiger partial charge on any atom is -0.378 e. The summed E-state index contributed by atoms with van der Waals surface area (Å²) in [4.78, 5) is 17.1. The van der Waals surface area contributed by atoms with Gasteiger partial charge in [-0.1, -0.05) is 42.9 Å². The molecule has 0 spiro atoms. The monoisotopic (exact) mass is 445 g/mol. The van der Waals surface area contributed by atoms with E-state index < -0.39 is 4.92 Å². The number of hydrogen-bond donors (Lipinski definition) is 0. The molecule has 0 amide bonds. The minimum atomic E-state index is -0.450. The van der Waals surface area contributed by atoms with Crippen LogP contribution in [0.25, 0.3) is 11.4 Å². The molecule has 1 aromatic carbocycles. The molecule has 0 radical (unpaired) electrons. The lowest BCUT2D eigenvalue weighted by Crippen LogP contribution is -2.38. The summed E-state index contributed by atoms with van der Waals surface area (Å²) in [6.07, 6.45) is 0.